The molecule has 1 amide bonds. The number of benzene rings is 2. The van der Waals surface area contributed by atoms with Crippen molar-refractivity contribution in [3.8, 4) is 11.5 Å². The first kappa shape index (κ1) is 21.1. The van der Waals surface area contributed by atoms with E-state index >= 15 is 0 Å². The molecule has 0 spiro atoms. The third-order valence-corrected chi connectivity index (χ3v) is 5.92. The Hall–Kier alpha value is -3.19. The van der Waals surface area contributed by atoms with Gasteiger partial charge in [0.05, 0.1) is 28.9 Å². The fourth-order valence-corrected chi connectivity index (χ4v) is 4.23. The summed E-state index contributed by atoms with van der Waals surface area (Å²) in [4.78, 5) is 29.2. The number of likely N-dealkylation sites (N-methyl/N-ethyl adjacent to an activating group) is 1. The number of aromatic hydroxyl groups is 1. The van der Waals surface area contributed by atoms with Crippen LogP contribution in [0.1, 0.15) is 30.5 Å². The molecule has 8 heteroatoms. The van der Waals surface area contributed by atoms with Crippen molar-refractivity contribution in [2.24, 2.45) is 0 Å². The predicted octanol–water partition coefficient (Wildman–Crippen LogP) is 3.71. The molecule has 1 unspecified atom stereocenters. The number of phenols is 1. The molecule has 31 heavy (non-hydrogen) atoms. The second-order valence-electron chi connectivity index (χ2n) is 7.66. The molecule has 0 aliphatic carbocycles. The van der Waals surface area contributed by atoms with Crippen LogP contribution in [0.25, 0.3) is 5.76 Å². The van der Waals surface area contributed by atoms with E-state index in [0.717, 1.165) is 5.69 Å². The summed E-state index contributed by atoms with van der Waals surface area (Å²) in [6, 6.07) is 8.88. The van der Waals surface area contributed by atoms with Crippen LogP contribution in [0.15, 0.2) is 42.0 Å². The number of carbonyl (C=O) groups is 2. The van der Waals surface area contributed by atoms with E-state index in [-0.39, 0.29) is 22.1 Å². The SMILES string of the molecule is CCCN1C(=O)C(=O)/C(=C(\O)c2ccc3c(c2)N(C)CCO3)C1c1ccc(O)c(Cl)c1. The number of amides is 1. The van der Waals surface area contributed by atoms with E-state index in [2.05, 4.69) is 0 Å². The average Bonchev–Trinajstić information content (AvgIpc) is 3.00. The molecule has 1 fully saturated rings. The van der Waals surface area contributed by atoms with Gasteiger partial charge in [0.25, 0.3) is 11.7 Å². The van der Waals surface area contributed by atoms with Gasteiger partial charge in [-0.05, 0) is 42.3 Å². The number of aliphatic hydroxyl groups excluding tert-OH is 1. The van der Waals surface area contributed by atoms with E-state index in [0.29, 0.717) is 43.0 Å². The summed E-state index contributed by atoms with van der Waals surface area (Å²) < 4.78 is 5.65. The minimum absolute atomic E-state index is 0.000428. The van der Waals surface area contributed by atoms with Gasteiger partial charge in [-0.3, -0.25) is 9.59 Å². The second kappa shape index (κ2) is 8.15. The monoisotopic (exact) mass is 442 g/mol. The highest BCUT2D eigenvalue weighted by atomic mass is 35.5. The van der Waals surface area contributed by atoms with E-state index in [1.54, 1.807) is 24.3 Å². The number of hydrogen-bond acceptors (Lipinski definition) is 6. The number of Topliss-reactive ketones (excluding diaryl/α,β-unsaturated/α-hetero) is 1. The minimum Gasteiger partial charge on any atom is -0.507 e. The standard InChI is InChI=1S/C23H23ClN2O5/c1-3-8-26-20(13-4-6-17(27)15(24)11-13)19(22(29)23(26)30)21(28)14-5-7-18-16(12-14)25(2)9-10-31-18/h4-7,11-12,20,27-28H,3,8-10H2,1-2H3/b21-19-. The van der Waals surface area contributed by atoms with Crippen LogP contribution < -0.4 is 9.64 Å². The fourth-order valence-electron chi connectivity index (χ4n) is 4.04. The predicted molar refractivity (Wildman–Crippen MR) is 118 cm³/mol. The maximum atomic E-state index is 13.0. The minimum atomic E-state index is -0.803. The van der Waals surface area contributed by atoms with Gasteiger partial charge in [0.2, 0.25) is 0 Å². The molecule has 0 aromatic heterocycles. The molecular weight excluding hydrogens is 420 g/mol. The second-order valence-corrected chi connectivity index (χ2v) is 8.06. The summed E-state index contributed by atoms with van der Waals surface area (Å²) in [5.41, 5.74) is 1.75. The topological polar surface area (TPSA) is 90.3 Å². The van der Waals surface area contributed by atoms with Crippen molar-refractivity contribution in [1.29, 1.82) is 0 Å². The van der Waals surface area contributed by atoms with Gasteiger partial charge >= 0.3 is 0 Å². The molecule has 2 aliphatic rings. The number of ketones is 1. The van der Waals surface area contributed by atoms with Crippen LogP contribution >= 0.6 is 11.6 Å². The Morgan fingerprint density at radius 2 is 2.00 bits per heavy atom. The van der Waals surface area contributed by atoms with Crippen LogP contribution in [0, 0.1) is 0 Å². The molecule has 4 rings (SSSR count). The Morgan fingerprint density at radius 1 is 1.23 bits per heavy atom. The summed E-state index contributed by atoms with van der Waals surface area (Å²) in [6.07, 6.45) is 0.635. The van der Waals surface area contributed by atoms with E-state index in [9.17, 15) is 19.8 Å². The van der Waals surface area contributed by atoms with Crippen molar-refractivity contribution >= 4 is 34.7 Å². The number of anilines is 1. The number of likely N-dealkylation sites (tertiary alicyclic amines) is 1. The molecule has 0 radical (unpaired) electrons. The van der Waals surface area contributed by atoms with Crippen LogP contribution in [0.3, 0.4) is 0 Å². The lowest BCUT2D eigenvalue weighted by molar-refractivity contribution is -0.139. The third kappa shape index (κ3) is 3.59. The Morgan fingerprint density at radius 3 is 2.71 bits per heavy atom. The van der Waals surface area contributed by atoms with Gasteiger partial charge in [0.1, 0.15) is 23.9 Å². The lowest BCUT2D eigenvalue weighted by Gasteiger charge is -2.28. The highest BCUT2D eigenvalue weighted by Gasteiger charge is 2.45. The molecule has 2 heterocycles. The van der Waals surface area contributed by atoms with Crippen LogP contribution in [-0.2, 0) is 9.59 Å². The van der Waals surface area contributed by atoms with Crippen molar-refractivity contribution in [3.05, 3.63) is 58.1 Å². The molecule has 1 saturated heterocycles. The van der Waals surface area contributed by atoms with E-state index < -0.39 is 17.7 Å². The molecule has 0 saturated carbocycles. The number of rotatable bonds is 4. The zero-order chi connectivity index (χ0) is 22.3. The highest BCUT2D eigenvalue weighted by molar-refractivity contribution is 6.46. The van der Waals surface area contributed by atoms with Gasteiger partial charge in [0.15, 0.2) is 0 Å². The van der Waals surface area contributed by atoms with Gasteiger partial charge in [-0.25, -0.2) is 0 Å². The first-order valence-electron chi connectivity index (χ1n) is 10.1. The summed E-state index contributed by atoms with van der Waals surface area (Å²) in [7, 11) is 1.92. The maximum Gasteiger partial charge on any atom is 0.295 e. The Bertz CT molecular complexity index is 1100. The number of phenolic OH excluding ortho intramolecular Hbond substituents is 1. The van der Waals surface area contributed by atoms with Crippen LogP contribution in [0.2, 0.25) is 5.02 Å². The van der Waals surface area contributed by atoms with E-state index in [1.165, 1.54) is 17.0 Å². The number of fused-ring (bicyclic) bond motifs is 1. The number of nitrogens with zero attached hydrogens (tertiary/aromatic N) is 2. The van der Waals surface area contributed by atoms with Gasteiger partial charge in [-0.1, -0.05) is 24.6 Å². The summed E-state index contributed by atoms with van der Waals surface area (Å²) in [5.74, 6) is -1.08. The van der Waals surface area contributed by atoms with Crippen molar-refractivity contribution in [2.75, 3.05) is 31.6 Å². The molecule has 7 nitrogen and oxygen atoms in total. The first-order valence-corrected chi connectivity index (χ1v) is 10.5. The number of hydrogen-bond donors (Lipinski definition) is 2. The van der Waals surface area contributed by atoms with Crippen LogP contribution in [0.5, 0.6) is 11.5 Å². The molecule has 162 valence electrons. The Kier molecular flexibility index (Phi) is 5.54. The van der Waals surface area contributed by atoms with Crippen molar-refractivity contribution in [2.45, 2.75) is 19.4 Å². The van der Waals surface area contributed by atoms with E-state index in [4.69, 9.17) is 16.3 Å². The smallest absolute Gasteiger partial charge is 0.295 e. The van der Waals surface area contributed by atoms with Gasteiger partial charge in [-0.15, -0.1) is 0 Å². The third-order valence-electron chi connectivity index (χ3n) is 5.62. The number of carbonyl (C=O) groups excluding carboxylic acids is 2. The summed E-state index contributed by atoms with van der Waals surface area (Å²) >= 11 is 6.09. The number of halogens is 1. The molecule has 2 aliphatic heterocycles. The lowest BCUT2D eigenvalue weighted by atomic mass is 9.95. The zero-order valence-corrected chi connectivity index (χ0v) is 18.0. The van der Waals surface area contributed by atoms with Crippen molar-refractivity contribution in [1.82, 2.24) is 4.90 Å². The lowest BCUT2D eigenvalue weighted by Crippen LogP contribution is -2.30. The molecule has 2 N–H and O–H groups in total. The zero-order valence-electron chi connectivity index (χ0n) is 17.3. The molecule has 1 atom stereocenters. The van der Waals surface area contributed by atoms with Crippen molar-refractivity contribution < 1.29 is 24.5 Å². The molecule has 2 aromatic carbocycles. The fraction of sp³-hybridized carbons (Fsp3) is 0.304. The average molecular weight is 443 g/mol. The highest BCUT2D eigenvalue weighted by Crippen LogP contribution is 2.42. The van der Waals surface area contributed by atoms with Gasteiger partial charge in [0, 0.05) is 19.2 Å². The molecular formula is C23H23ClN2O5. The summed E-state index contributed by atoms with van der Waals surface area (Å²) in [5, 5.41) is 21.1. The van der Waals surface area contributed by atoms with Crippen molar-refractivity contribution in [3.63, 3.8) is 0 Å². The Balaban J connectivity index is 1.87. The number of ether oxygens (including phenoxy) is 1. The van der Waals surface area contributed by atoms with Crippen LogP contribution in [-0.4, -0.2) is 53.5 Å². The molecule has 2 aromatic rings. The Labute approximate surface area is 185 Å². The first-order chi connectivity index (χ1) is 14.8. The number of aliphatic hydroxyl groups is 1. The van der Waals surface area contributed by atoms with E-state index in [1.807, 2.05) is 18.9 Å². The quantitative estimate of drug-likeness (QED) is 0.426. The molecule has 0 bridgehead atoms. The largest absolute Gasteiger partial charge is 0.507 e. The van der Waals surface area contributed by atoms with Gasteiger partial charge in [-0.2, -0.15) is 0 Å². The normalized spacial score (nSPS) is 20.0. The van der Waals surface area contributed by atoms with Crippen LogP contribution in [0.4, 0.5) is 5.69 Å². The van der Waals surface area contributed by atoms with Gasteiger partial charge < -0.3 is 24.7 Å². The summed E-state index contributed by atoms with van der Waals surface area (Å²) in [6.45, 7) is 3.51. The maximum absolute atomic E-state index is 13.0.